The quantitative estimate of drug-likeness (QED) is 0.394. The molecular formula is C31H43F3N4. The maximum absolute atomic E-state index is 13.2. The van der Waals surface area contributed by atoms with E-state index in [0.29, 0.717) is 11.7 Å². The normalized spacial score (nSPS) is 19.1. The smallest absolute Gasteiger partial charge is 0.382 e. The third-order valence-corrected chi connectivity index (χ3v) is 6.86. The first-order chi connectivity index (χ1) is 18.3. The van der Waals surface area contributed by atoms with Crippen molar-refractivity contribution in [3.63, 3.8) is 0 Å². The molecule has 2 aromatic carbocycles. The van der Waals surface area contributed by atoms with E-state index in [1.165, 1.54) is 31.0 Å². The highest BCUT2D eigenvalue weighted by Crippen LogP contribution is 2.34. The van der Waals surface area contributed by atoms with Gasteiger partial charge in [0.15, 0.2) is 0 Å². The van der Waals surface area contributed by atoms with E-state index >= 15 is 0 Å². The second-order valence-electron chi connectivity index (χ2n) is 9.28. The highest BCUT2D eigenvalue weighted by molar-refractivity contribution is 5.64. The second-order valence-corrected chi connectivity index (χ2v) is 9.28. The molecule has 38 heavy (non-hydrogen) atoms. The Hall–Kier alpha value is -3.14. The molecule has 208 valence electrons. The summed E-state index contributed by atoms with van der Waals surface area (Å²) in [6, 6.07) is 14.4. The molecule has 2 aliphatic rings. The lowest BCUT2D eigenvalue weighted by Crippen LogP contribution is -2.36. The van der Waals surface area contributed by atoms with Gasteiger partial charge in [0, 0.05) is 42.2 Å². The summed E-state index contributed by atoms with van der Waals surface area (Å²) in [5, 5.41) is 15.7. The van der Waals surface area contributed by atoms with Crippen molar-refractivity contribution < 1.29 is 13.2 Å². The van der Waals surface area contributed by atoms with E-state index in [0.717, 1.165) is 56.1 Å². The van der Waals surface area contributed by atoms with Gasteiger partial charge in [-0.1, -0.05) is 46.4 Å². The molecule has 1 aliphatic heterocycles. The van der Waals surface area contributed by atoms with Crippen LogP contribution in [0.25, 0.3) is 5.70 Å². The van der Waals surface area contributed by atoms with Crippen molar-refractivity contribution in [3.8, 4) is 6.07 Å². The monoisotopic (exact) mass is 528 g/mol. The van der Waals surface area contributed by atoms with Crippen LogP contribution in [-0.2, 0) is 6.18 Å². The number of hydrogen-bond acceptors (Lipinski definition) is 4. The van der Waals surface area contributed by atoms with E-state index in [2.05, 4.69) is 46.4 Å². The van der Waals surface area contributed by atoms with Crippen LogP contribution in [0.3, 0.4) is 0 Å². The van der Waals surface area contributed by atoms with Crippen molar-refractivity contribution in [3.05, 3.63) is 65.7 Å². The van der Waals surface area contributed by atoms with E-state index in [4.69, 9.17) is 5.26 Å². The molecule has 1 heterocycles. The van der Waals surface area contributed by atoms with Gasteiger partial charge in [0.1, 0.15) is 0 Å². The Kier molecular flexibility index (Phi) is 12.5. The molecule has 0 bridgehead atoms. The van der Waals surface area contributed by atoms with E-state index in [-0.39, 0.29) is 11.6 Å². The number of halogens is 3. The second kappa shape index (κ2) is 15.3. The first-order valence-corrected chi connectivity index (χ1v) is 14.0. The predicted octanol–water partition coefficient (Wildman–Crippen LogP) is 8.60. The van der Waals surface area contributed by atoms with Gasteiger partial charge >= 0.3 is 6.18 Å². The van der Waals surface area contributed by atoms with Gasteiger partial charge in [0.2, 0.25) is 0 Å². The average molecular weight is 529 g/mol. The van der Waals surface area contributed by atoms with Crippen LogP contribution >= 0.6 is 0 Å². The van der Waals surface area contributed by atoms with Crippen molar-refractivity contribution in [1.29, 1.82) is 5.26 Å². The van der Waals surface area contributed by atoms with E-state index in [1.807, 2.05) is 27.7 Å². The summed E-state index contributed by atoms with van der Waals surface area (Å²) in [6.07, 6.45) is 2.78. The van der Waals surface area contributed by atoms with Crippen LogP contribution in [0.2, 0.25) is 0 Å². The zero-order valence-corrected chi connectivity index (χ0v) is 23.3. The molecule has 0 amide bonds. The molecular weight excluding hydrogens is 485 g/mol. The molecule has 0 spiro atoms. The molecule has 0 unspecified atom stereocenters. The van der Waals surface area contributed by atoms with Crippen LogP contribution in [0.15, 0.2) is 49.0 Å². The maximum atomic E-state index is 13.2. The minimum absolute atomic E-state index is 0.101. The van der Waals surface area contributed by atoms with Crippen LogP contribution in [0.4, 0.5) is 24.5 Å². The molecule has 0 radical (unpaired) electrons. The van der Waals surface area contributed by atoms with Crippen LogP contribution in [0.5, 0.6) is 0 Å². The van der Waals surface area contributed by atoms with Crippen molar-refractivity contribution in [2.75, 3.05) is 23.3 Å². The Morgan fingerprint density at radius 3 is 2.03 bits per heavy atom. The molecule has 1 aliphatic carbocycles. The highest BCUT2D eigenvalue weighted by atomic mass is 19.4. The van der Waals surface area contributed by atoms with Crippen molar-refractivity contribution >= 4 is 17.1 Å². The summed E-state index contributed by atoms with van der Waals surface area (Å²) < 4.78 is 39.7. The van der Waals surface area contributed by atoms with Crippen molar-refractivity contribution in [1.82, 2.24) is 5.32 Å². The zero-order valence-electron chi connectivity index (χ0n) is 23.3. The Balaban J connectivity index is 0.00000121. The third kappa shape index (κ3) is 8.72. The van der Waals surface area contributed by atoms with Crippen LogP contribution in [-0.4, -0.2) is 25.2 Å². The summed E-state index contributed by atoms with van der Waals surface area (Å²) in [4.78, 5) is 2.43. The number of nitrogens with zero attached hydrogens (tertiary/aromatic N) is 2. The fraction of sp³-hybridized carbons (Fsp3) is 0.516. The highest BCUT2D eigenvalue weighted by Gasteiger charge is 2.34. The van der Waals surface area contributed by atoms with Gasteiger partial charge in [0.25, 0.3) is 0 Å². The molecule has 1 saturated carbocycles. The summed E-state index contributed by atoms with van der Waals surface area (Å²) in [6.45, 7) is 14.5. The Morgan fingerprint density at radius 2 is 1.47 bits per heavy atom. The molecule has 7 heteroatoms. The minimum atomic E-state index is -4.54. The van der Waals surface area contributed by atoms with Crippen LogP contribution in [0, 0.1) is 11.3 Å². The zero-order chi connectivity index (χ0) is 28.1. The Morgan fingerprint density at radius 1 is 0.895 bits per heavy atom. The number of piperidine rings is 1. The summed E-state index contributed by atoms with van der Waals surface area (Å²) in [5.74, 6) is 0. The van der Waals surface area contributed by atoms with Gasteiger partial charge in [0.05, 0.1) is 17.2 Å². The summed E-state index contributed by atoms with van der Waals surface area (Å²) >= 11 is 0. The fourth-order valence-electron chi connectivity index (χ4n) is 4.94. The third-order valence-electron chi connectivity index (χ3n) is 6.86. The molecule has 4 nitrogen and oxygen atoms in total. The first-order valence-electron chi connectivity index (χ1n) is 14.0. The first kappa shape index (κ1) is 31.1. The van der Waals surface area contributed by atoms with Gasteiger partial charge in [-0.25, -0.2) is 0 Å². The van der Waals surface area contributed by atoms with Gasteiger partial charge in [-0.2, -0.15) is 18.4 Å². The van der Waals surface area contributed by atoms with E-state index < -0.39 is 11.7 Å². The molecule has 2 aromatic rings. The number of rotatable bonds is 6. The minimum Gasteiger partial charge on any atom is -0.382 e. The lowest BCUT2D eigenvalue weighted by atomic mass is 9.90. The number of nitriles is 1. The van der Waals surface area contributed by atoms with Gasteiger partial charge in [-0.05, 0) is 80.8 Å². The SMILES string of the molecule is C=C(NC1CCC(Nc2ccc(C#N)c(C(F)(F)F)c2)CC1)c1ccc(N2CCCCC2)cc1.CC.CC. The number of benzene rings is 2. The summed E-state index contributed by atoms with van der Waals surface area (Å²) in [7, 11) is 0. The van der Waals surface area contributed by atoms with Crippen molar-refractivity contribution in [2.45, 2.75) is 90.9 Å². The molecule has 0 aromatic heterocycles. The van der Waals surface area contributed by atoms with E-state index in [9.17, 15) is 13.2 Å². The molecule has 0 atom stereocenters. The van der Waals surface area contributed by atoms with Crippen molar-refractivity contribution in [2.24, 2.45) is 0 Å². The van der Waals surface area contributed by atoms with Gasteiger partial charge in [-0.3, -0.25) is 0 Å². The Labute approximate surface area is 226 Å². The largest absolute Gasteiger partial charge is 0.417 e. The van der Waals surface area contributed by atoms with E-state index in [1.54, 1.807) is 12.1 Å². The lowest BCUT2D eigenvalue weighted by molar-refractivity contribution is -0.137. The Bertz CT molecular complexity index is 1030. The molecule has 1 saturated heterocycles. The predicted molar refractivity (Wildman–Crippen MR) is 153 cm³/mol. The number of nitrogens with one attached hydrogen (secondary N) is 2. The lowest BCUT2D eigenvalue weighted by Gasteiger charge is -2.32. The standard InChI is InChI=1S/C27H31F3N4.2C2H6/c1-19(20-6-13-25(14-7-20)34-15-3-2-4-16-34)32-22-9-11-23(12-10-22)33-24-8-5-21(18-31)26(17-24)27(28,29)30;2*1-2/h5-8,13-14,17,22-23,32-33H,1-4,9-12,15-16H2;2*1-2H3. The van der Waals surface area contributed by atoms with Crippen LogP contribution in [0.1, 0.15) is 89.3 Å². The number of anilines is 2. The maximum Gasteiger partial charge on any atom is 0.417 e. The van der Waals surface area contributed by atoms with Gasteiger partial charge in [-0.15, -0.1) is 0 Å². The molecule has 2 fully saturated rings. The van der Waals surface area contributed by atoms with Gasteiger partial charge < -0.3 is 15.5 Å². The topological polar surface area (TPSA) is 51.1 Å². The number of alkyl halides is 3. The van der Waals surface area contributed by atoms with Crippen LogP contribution < -0.4 is 15.5 Å². The average Bonchev–Trinajstić information content (AvgIpc) is 2.96. The number of hydrogen-bond donors (Lipinski definition) is 2. The molecule has 4 rings (SSSR count). The summed E-state index contributed by atoms with van der Waals surface area (Å²) in [5.41, 5.74) is 2.41. The molecule has 2 N–H and O–H groups in total. The fourth-order valence-corrected chi connectivity index (χ4v) is 4.94.